The van der Waals surface area contributed by atoms with Crippen LogP contribution in [0.1, 0.15) is 18.5 Å². The van der Waals surface area contributed by atoms with Crippen LogP contribution in [0.5, 0.6) is 5.75 Å². The second-order valence-electron chi connectivity index (χ2n) is 5.53. The summed E-state index contributed by atoms with van der Waals surface area (Å²) in [5, 5.41) is 9.95. The highest BCUT2D eigenvalue weighted by Crippen LogP contribution is 2.45. The molecular weight excluding hydrogens is 278 g/mol. The minimum Gasteiger partial charge on any atom is -0.497 e. The number of hydrogen-bond acceptors (Lipinski definition) is 3. The first-order chi connectivity index (χ1) is 10.6. The maximum Gasteiger partial charge on any atom is 0.235 e. The Bertz CT molecular complexity index is 652. The van der Waals surface area contributed by atoms with Crippen molar-refractivity contribution in [2.24, 2.45) is 5.92 Å². The molecule has 0 saturated carbocycles. The molecule has 3 rings (SSSR count). The molecular formula is C18H19NO3. The summed E-state index contributed by atoms with van der Waals surface area (Å²) in [5.41, 5.74) is 1.85. The van der Waals surface area contributed by atoms with Crippen LogP contribution < -0.4 is 9.64 Å². The van der Waals surface area contributed by atoms with Crippen LogP contribution in [0.3, 0.4) is 0 Å². The molecule has 22 heavy (non-hydrogen) atoms. The summed E-state index contributed by atoms with van der Waals surface area (Å²) in [6.07, 6.45) is -0.674. The first-order valence-corrected chi connectivity index (χ1v) is 7.33. The van der Waals surface area contributed by atoms with Gasteiger partial charge in [0.05, 0.1) is 25.2 Å². The van der Waals surface area contributed by atoms with Crippen molar-refractivity contribution in [3.05, 3.63) is 60.2 Å². The van der Waals surface area contributed by atoms with Crippen LogP contribution in [0.25, 0.3) is 0 Å². The molecule has 0 unspecified atom stereocenters. The molecule has 0 spiro atoms. The van der Waals surface area contributed by atoms with Gasteiger partial charge < -0.3 is 14.7 Å². The summed E-state index contributed by atoms with van der Waals surface area (Å²) in [6.45, 7) is 1.67. The fraction of sp³-hybridized carbons (Fsp3) is 0.278. The van der Waals surface area contributed by atoms with E-state index in [0.717, 1.165) is 17.0 Å². The number of carbonyl (C=O) groups is 1. The smallest absolute Gasteiger partial charge is 0.235 e. The van der Waals surface area contributed by atoms with Crippen molar-refractivity contribution in [3.63, 3.8) is 0 Å². The van der Waals surface area contributed by atoms with Gasteiger partial charge in [-0.05, 0) is 36.8 Å². The van der Waals surface area contributed by atoms with Crippen LogP contribution in [-0.2, 0) is 4.79 Å². The second kappa shape index (κ2) is 5.81. The molecule has 2 aromatic carbocycles. The minimum atomic E-state index is -0.674. The van der Waals surface area contributed by atoms with Crippen LogP contribution in [0.4, 0.5) is 5.69 Å². The molecule has 4 heteroatoms. The Labute approximate surface area is 130 Å². The van der Waals surface area contributed by atoms with E-state index < -0.39 is 12.0 Å². The zero-order valence-corrected chi connectivity index (χ0v) is 12.6. The molecule has 1 aliphatic rings. The number of nitrogens with zero attached hydrogens (tertiary/aromatic N) is 1. The lowest BCUT2D eigenvalue weighted by Gasteiger charge is -2.48. The van der Waals surface area contributed by atoms with E-state index in [-0.39, 0.29) is 11.9 Å². The first kappa shape index (κ1) is 14.6. The standard InChI is InChI=1S/C18H19NO3/c1-12(20)16-17(13-6-4-3-5-7-13)19(18(16)21)14-8-10-15(22-2)11-9-14/h3-12,16-17,20H,1-2H3/t12-,16-,17-/m1/s1. The maximum atomic E-state index is 12.5. The van der Waals surface area contributed by atoms with Gasteiger partial charge in [0.25, 0.3) is 0 Å². The number of rotatable bonds is 4. The lowest BCUT2D eigenvalue weighted by atomic mass is 9.78. The summed E-state index contributed by atoms with van der Waals surface area (Å²) in [6, 6.07) is 17.1. The summed E-state index contributed by atoms with van der Waals surface area (Å²) >= 11 is 0. The van der Waals surface area contributed by atoms with E-state index in [2.05, 4.69) is 0 Å². The summed E-state index contributed by atoms with van der Waals surface area (Å²) < 4.78 is 5.15. The third kappa shape index (κ3) is 2.35. The molecule has 1 N–H and O–H groups in total. The van der Waals surface area contributed by atoms with E-state index in [9.17, 15) is 9.90 Å². The van der Waals surface area contributed by atoms with Crippen molar-refractivity contribution in [1.29, 1.82) is 0 Å². The van der Waals surface area contributed by atoms with E-state index in [1.54, 1.807) is 18.9 Å². The van der Waals surface area contributed by atoms with Crippen LogP contribution in [-0.4, -0.2) is 24.2 Å². The van der Waals surface area contributed by atoms with Crippen molar-refractivity contribution in [2.45, 2.75) is 19.1 Å². The van der Waals surface area contributed by atoms with Gasteiger partial charge in [-0.1, -0.05) is 30.3 Å². The van der Waals surface area contributed by atoms with Crippen molar-refractivity contribution < 1.29 is 14.6 Å². The predicted molar refractivity (Wildman–Crippen MR) is 84.8 cm³/mol. The lowest BCUT2D eigenvalue weighted by molar-refractivity contribution is -0.135. The predicted octanol–water partition coefficient (Wildman–Crippen LogP) is 2.78. The minimum absolute atomic E-state index is 0.0472. The van der Waals surface area contributed by atoms with Crippen molar-refractivity contribution in [3.8, 4) is 5.75 Å². The normalized spacial score (nSPS) is 22.1. The number of ether oxygens (including phenoxy) is 1. The monoisotopic (exact) mass is 297 g/mol. The zero-order chi connectivity index (χ0) is 15.7. The number of anilines is 1. The average molecular weight is 297 g/mol. The Hall–Kier alpha value is -2.33. The maximum absolute atomic E-state index is 12.5. The Morgan fingerprint density at radius 1 is 1.09 bits per heavy atom. The Morgan fingerprint density at radius 3 is 2.27 bits per heavy atom. The summed E-state index contributed by atoms with van der Waals surface area (Å²) in [5.74, 6) is 0.304. The SMILES string of the molecule is COc1ccc(N2C(=O)[C@H]([C@@H](C)O)[C@H]2c2ccccc2)cc1. The van der Waals surface area contributed by atoms with Crippen molar-refractivity contribution in [2.75, 3.05) is 12.0 Å². The van der Waals surface area contributed by atoms with Crippen LogP contribution in [0, 0.1) is 5.92 Å². The van der Waals surface area contributed by atoms with Gasteiger partial charge in [-0.25, -0.2) is 0 Å². The van der Waals surface area contributed by atoms with Crippen LogP contribution in [0.2, 0.25) is 0 Å². The summed E-state index contributed by atoms with van der Waals surface area (Å²) in [7, 11) is 1.61. The molecule has 0 radical (unpaired) electrons. The molecule has 4 nitrogen and oxygen atoms in total. The molecule has 2 aromatic rings. The summed E-state index contributed by atoms with van der Waals surface area (Å²) in [4.78, 5) is 14.2. The molecule has 1 heterocycles. The third-order valence-electron chi connectivity index (χ3n) is 4.15. The number of amides is 1. The molecule has 3 atom stereocenters. The molecule has 0 aliphatic carbocycles. The lowest BCUT2D eigenvalue weighted by Crippen LogP contribution is -2.59. The average Bonchev–Trinajstić information content (AvgIpc) is 2.53. The van der Waals surface area contributed by atoms with E-state index in [4.69, 9.17) is 4.74 Å². The highest BCUT2D eigenvalue weighted by Gasteiger charge is 2.50. The number of methoxy groups -OCH3 is 1. The van der Waals surface area contributed by atoms with Gasteiger partial charge in [0.2, 0.25) is 5.91 Å². The van der Waals surface area contributed by atoms with Gasteiger partial charge in [0.15, 0.2) is 0 Å². The fourth-order valence-electron chi connectivity index (χ4n) is 3.02. The van der Waals surface area contributed by atoms with Gasteiger partial charge in [0.1, 0.15) is 5.75 Å². The number of aliphatic hydroxyl groups excluding tert-OH is 1. The van der Waals surface area contributed by atoms with Gasteiger partial charge in [-0.3, -0.25) is 4.79 Å². The fourth-order valence-corrected chi connectivity index (χ4v) is 3.02. The van der Waals surface area contributed by atoms with Crippen LogP contribution in [0.15, 0.2) is 54.6 Å². The topological polar surface area (TPSA) is 49.8 Å². The number of hydrogen-bond donors (Lipinski definition) is 1. The number of benzene rings is 2. The molecule has 0 aromatic heterocycles. The molecule has 1 fully saturated rings. The van der Waals surface area contributed by atoms with E-state index in [0.29, 0.717) is 0 Å². The van der Waals surface area contributed by atoms with E-state index in [1.807, 2.05) is 54.6 Å². The van der Waals surface area contributed by atoms with E-state index in [1.165, 1.54) is 0 Å². The Morgan fingerprint density at radius 2 is 1.73 bits per heavy atom. The first-order valence-electron chi connectivity index (χ1n) is 7.33. The Kier molecular flexibility index (Phi) is 3.86. The highest BCUT2D eigenvalue weighted by atomic mass is 16.5. The molecule has 0 bridgehead atoms. The molecule has 1 saturated heterocycles. The molecule has 114 valence electrons. The van der Waals surface area contributed by atoms with Crippen LogP contribution >= 0.6 is 0 Å². The molecule has 1 amide bonds. The van der Waals surface area contributed by atoms with Gasteiger partial charge >= 0.3 is 0 Å². The number of β-lactam (4-membered cyclic amide) rings is 1. The van der Waals surface area contributed by atoms with Crippen molar-refractivity contribution in [1.82, 2.24) is 0 Å². The van der Waals surface area contributed by atoms with E-state index >= 15 is 0 Å². The Balaban J connectivity index is 1.96. The van der Waals surface area contributed by atoms with Gasteiger partial charge in [-0.15, -0.1) is 0 Å². The number of aliphatic hydroxyl groups is 1. The quantitative estimate of drug-likeness (QED) is 0.883. The molecule has 1 aliphatic heterocycles. The third-order valence-corrected chi connectivity index (χ3v) is 4.15. The number of carbonyl (C=O) groups excluding carboxylic acids is 1. The highest BCUT2D eigenvalue weighted by molar-refractivity contribution is 6.03. The van der Waals surface area contributed by atoms with Crippen molar-refractivity contribution >= 4 is 11.6 Å². The zero-order valence-electron chi connectivity index (χ0n) is 12.6. The van der Waals surface area contributed by atoms with Gasteiger partial charge in [0, 0.05) is 5.69 Å². The largest absolute Gasteiger partial charge is 0.497 e. The van der Waals surface area contributed by atoms with Gasteiger partial charge in [-0.2, -0.15) is 0 Å². The second-order valence-corrected chi connectivity index (χ2v) is 5.53.